The first kappa shape index (κ1) is 13.0. The van der Waals surface area contributed by atoms with Gasteiger partial charge in [0.1, 0.15) is 0 Å². The van der Waals surface area contributed by atoms with Crippen LogP contribution in [0, 0.1) is 6.92 Å². The van der Waals surface area contributed by atoms with Crippen molar-refractivity contribution < 1.29 is 4.74 Å². The van der Waals surface area contributed by atoms with Gasteiger partial charge >= 0.3 is 0 Å². The molecule has 0 amide bonds. The Bertz CT molecular complexity index is 286. The summed E-state index contributed by atoms with van der Waals surface area (Å²) >= 11 is 0. The van der Waals surface area contributed by atoms with Crippen LogP contribution in [0.25, 0.3) is 0 Å². The van der Waals surface area contributed by atoms with E-state index in [1.807, 2.05) is 0 Å². The highest BCUT2D eigenvalue weighted by atomic mass is 16.5. The van der Waals surface area contributed by atoms with Gasteiger partial charge in [-0.2, -0.15) is 0 Å². The Hall–Kier alpha value is -1.02. The van der Waals surface area contributed by atoms with Crippen LogP contribution in [0.15, 0.2) is 24.3 Å². The number of aryl methyl sites for hydroxylation is 1. The SMILES string of the molecule is CCCCOCCCNc1ccccc1C. The van der Waals surface area contributed by atoms with E-state index in [1.165, 1.54) is 24.1 Å². The number of unbranched alkanes of at least 4 members (excludes halogenated alkanes) is 1. The van der Waals surface area contributed by atoms with E-state index >= 15 is 0 Å². The fourth-order valence-electron chi connectivity index (χ4n) is 1.52. The maximum atomic E-state index is 5.50. The number of anilines is 1. The third-order valence-corrected chi connectivity index (χ3v) is 2.57. The standard InChI is InChI=1S/C14H23NO/c1-3-4-11-16-12-7-10-15-14-9-6-5-8-13(14)2/h5-6,8-9,15H,3-4,7,10-12H2,1-2H3. The highest BCUT2D eigenvalue weighted by molar-refractivity contribution is 5.49. The van der Waals surface area contributed by atoms with Gasteiger partial charge in [0.25, 0.3) is 0 Å². The summed E-state index contributed by atoms with van der Waals surface area (Å²) in [6.07, 6.45) is 3.45. The Morgan fingerprint density at radius 1 is 1.12 bits per heavy atom. The van der Waals surface area contributed by atoms with E-state index in [0.717, 1.165) is 26.2 Å². The summed E-state index contributed by atoms with van der Waals surface area (Å²) in [5.74, 6) is 0. The van der Waals surface area contributed by atoms with Gasteiger partial charge in [-0.1, -0.05) is 31.5 Å². The molecule has 1 N–H and O–H groups in total. The second kappa shape index (κ2) is 8.17. The third-order valence-electron chi connectivity index (χ3n) is 2.57. The first-order valence-corrected chi connectivity index (χ1v) is 6.22. The topological polar surface area (TPSA) is 21.3 Å². The van der Waals surface area contributed by atoms with Crippen LogP contribution < -0.4 is 5.32 Å². The first-order chi connectivity index (χ1) is 7.84. The fraction of sp³-hybridized carbons (Fsp3) is 0.571. The maximum absolute atomic E-state index is 5.50. The van der Waals surface area contributed by atoms with Crippen molar-refractivity contribution in [1.82, 2.24) is 0 Å². The summed E-state index contributed by atoms with van der Waals surface area (Å²) < 4.78 is 5.50. The van der Waals surface area contributed by atoms with Crippen LogP contribution in [0.2, 0.25) is 0 Å². The van der Waals surface area contributed by atoms with Gasteiger partial charge in [0.15, 0.2) is 0 Å². The molecular weight excluding hydrogens is 198 g/mol. The van der Waals surface area contributed by atoms with Gasteiger partial charge in [0, 0.05) is 25.4 Å². The van der Waals surface area contributed by atoms with Crippen LogP contribution in [-0.2, 0) is 4.74 Å². The van der Waals surface area contributed by atoms with E-state index in [0.29, 0.717) is 0 Å². The number of hydrogen-bond donors (Lipinski definition) is 1. The monoisotopic (exact) mass is 221 g/mol. The van der Waals surface area contributed by atoms with Crippen molar-refractivity contribution in [2.45, 2.75) is 33.1 Å². The summed E-state index contributed by atoms with van der Waals surface area (Å²) in [7, 11) is 0. The number of nitrogens with one attached hydrogen (secondary N) is 1. The van der Waals surface area contributed by atoms with E-state index in [-0.39, 0.29) is 0 Å². The van der Waals surface area contributed by atoms with Crippen molar-refractivity contribution in [2.75, 3.05) is 25.1 Å². The summed E-state index contributed by atoms with van der Waals surface area (Å²) in [6, 6.07) is 8.37. The minimum atomic E-state index is 0.860. The molecule has 0 unspecified atom stereocenters. The van der Waals surface area contributed by atoms with Crippen LogP contribution in [0.5, 0.6) is 0 Å². The smallest absolute Gasteiger partial charge is 0.0482 e. The molecule has 0 aliphatic heterocycles. The number of benzene rings is 1. The molecule has 0 atom stereocenters. The van der Waals surface area contributed by atoms with Crippen molar-refractivity contribution in [3.63, 3.8) is 0 Å². The molecule has 0 radical (unpaired) electrons. The lowest BCUT2D eigenvalue weighted by molar-refractivity contribution is 0.131. The Morgan fingerprint density at radius 2 is 1.88 bits per heavy atom. The van der Waals surface area contributed by atoms with Gasteiger partial charge in [0.2, 0.25) is 0 Å². The Balaban J connectivity index is 2.05. The van der Waals surface area contributed by atoms with E-state index < -0.39 is 0 Å². The Labute approximate surface area is 99.0 Å². The van der Waals surface area contributed by atoms with E-state index in [1.54, 1.807) is 0 Å². The molecule has 0 saturated carbocycles. The molecule has 0 heterocycles. The number of ether oxygens (including phenoxy) is 1. The molecule has 0 aliphatic carbocycles. The molecule has 1 aromatic rings. The molecule has 0 aliphatic rings. The Kier molecular flexibility index (Phi) is 6.66. The fourth-order valence-corrected chi connectivity index (χ4v) is 1.52. The average Bonchev–Trinajstić information content (AvgIpc) is 2.30. The van der Waals surface area contributed by atoms with Crippen LogP contribution in [0.4, 0.5) is 5.69 Å². The van der Waals surface area contributed by atoms with Crippen molar-refractivity contribution in [1.29, 1.82) is 0 Å². The van der Waals surface area contributed by atoms with Gasteiger partial charge in [-0.15, -0.1) is 0 Å². The van der Waals surface area contributed by atoms with Crippen molar-refractivity contribution in [3.8, 4) is 0 Å². The van der Waals surface area contributed by atoms with Gasteiger partial charge in [-0.25, -0.2) is 0 Å². The van der Waals surface area contributed by atoms with Crippen LogP contribution >= 0.6 is 0 Å². The maximum Gasteiger partial charge on any atom is 0.0482 e. The second-order valence-electron chi connectivity index (χ2n) is 4.06. The van der Waals surface area contributed by atoms with Crippen molar-refractivity contribution >= 4 is 5.69 Å². The minimum Gasteiger partial charge on any atom is -0.385 e. The largest absolute Gasteiger partial charge is 0.385 e. The summed E-state index contributed by atoms with van der Waals surface area (Å²) in [5.41, 5.74) is 2.53. The number of para-hydroxylation sites is 1. The molecule has 1 rings (SSSR count). The zero-order chi connectivity index (χ0) is 11.6. The molecule has 16 heavy (non-hydrogen) atoms. The molecular formula is C14H23NO. The molecule has 0 aromatic heterocycles. The minimum absolute atomic E-state index is 0.860. The van der Waals surface area contributed by atoms with Crippen molar-refractivity contribution in [3.05, 3.63) is 29.8 Å². The van der Waals surface area contributed by atoms with Crippen molar-refractivity contribution in [2.24, 2.45) is 0 Å². The van der Waals surface area contributed by atoms with Crippen LogP contribution in [0.3, 0.4) is 0 Å². The van der Waals surface area contributed by atoms with Crippen LogP contribution in [0.1, 0.15) is 31.7 Å². The predicted octanol–water partition coefficient (Wildman–Crippen LogP) is 3.61. The number of rotatable bonds is 8. The summed E-state index contributed by atoms with van der Waals surface area (Å²) in [6.45, 7) is 7.06. The zero-order valence-electron chi connectivity index (χ0n) is 10.5. The lowest BCUT2D eigenvalue weighted by atomic mass is 10.2. The van der Waals surface area contributed by atoms with Gasteiger partial charge in [0.05, 0.1) is 0 Å². The average molecular weight is 221 g/mol. The quantitative estimate of drug-likeness (QED) is 0.677. The zero-order valence-corrected chi connectivity index (χ0v) is 10.5. The van der Waals surface area contributed by atoms with E-state index in [4.69, 9.17) is 4.74 Å². The third kappa shape index (κ3) is 5.17. The lowest BCUT2D eigenvalue weighted by Gasteiger charge is -2.09. The molecule has 90 valence electrons. The molecule has 0 bridgehead atoms. The van der Waals surface area contributed by atoms with Crippen LogP contribution in [-0.4, -0.2) is 19.8 Å². The van der Waals surface area contributed by atoms with E-state index in [9.17, 15) is 0 Å². The predicted molar refractivity (Wildman–Crippen MR) is 70.0 cm³/mol. The number of hydrogen-bond acceptors (Lipinski definition) is 2. The molecule has 2 nitrogen and oxygen atoms in total. The highest BCUT2D eigenvalue weighted by Crippen LogP contribution is 2.12. The molecule has 1 aromatic carbocycles. The molecule has 2 heteroatoms. The molecule has 0 fully saturated rings. The summed E-state index contributed by atoms with van der Waals surface area (Å²) in [4.78, 5) is 0. The van der Waals surface area contributed by atoms with E-state index in [2.05, 4.69) is 43.4 Å². The van der Waals surface area contributed by atoms with Gasteiger partial charge in [-0.3, -0.25) is 0 Å². The highest BCUT2D eigenvalue weighted by Gasteiger charge is 1.95. The second-order valence-corrected chi connectivity index (χ2v) is 4.06. The normalized spacial score (nSPS) is 10.4. The summed E-state index contributed by atoms with van der Waals surface area (Å²) in [5, 5.41) is 3.42. The Morgan fingerprint density at radius 3 is 2.62 bits per heavy atom. The first-order valence-electron chi connectivity index (χ1n) is 6.22. The van der Waals surface area contributed by atoms with Gasteiger partial charge < -0.3 is 10.1 Å². The molecule has 0 saturated heterocycles. The molecule has 0 spiro atoms. The lowest BCUT2D eigenvalue weighted by Crippen LogP contribution is -2.07. The van der Waals surface area contributed by atoms with Gasteiger partial charge in [-0.05, 0) is 31.4 Å².